The Morgan fingerprint density at radius 2 is 1.62 bits per heavy atom. The number of thiazole rings is 1. The normalized spacial score (nSPS) is 19.0. The Balaban J connectivity index is 1.79. The number of carbonyl (C=O) groups is 4. The number of likely N-dealkylation sites (N-methyl/N-ethyl adjacent to an activating group) is 2. The van der Waals surface area contributed by atoms with Crippen LogP contribution in [0.5, 0.6) is 0 Å². The molecule has 1 aromatic carbocycles. The number of rotatable bonds is 21. The minimum atomic E-state index is -0.751. The summed E-state index contributed by atoms with van der Waals surface area (Å²) < 4.78 is 12.1. The largest absolute Gasteiger partial charge is 0.379 e. The van der Waals surface area contributed by atoms with E-state index in [1.807, 2.05) is 94.2 Å². The van der Waals surface area contributed by atoms with Gasteiger partial charge >= 0.3 is 0 Å². The molecule has 9 atom stereocenters. The molecule has 0 aliphatic carbocycles. The SMILES string of the molecule is CCC(C)C([C@H](CC(=O)N1CCC[C@@H]1[C@@H](OC)[C@H](C)C(=O)N[C@H](Cc1ccccc1)c1nccs1)OC)N(C)C(=O)[C@H](NC(=O)C(C(C)C)N(C)C)C(C)C. The fraction of sp³-hybridized carbons (Fsp3) is 0.690. The fourth-order valence-corrected chi connectivity index (χ4v) is 8.86. The van der Waals surface area contributed by atoms with Gasteiger partial charge in [-0.3, -0.25) is 24.1 Å². The highest BCUT2D eigenvalue weighted by Crippen LogP contribution is 2.30. The molecular weight excluding hydrogens is 717 g/mol. The average Bonchev–Trinajstić information content (AvgIpc) is 3.87. The second kappa shape index (κ2) is 21.8. The standard InChI is InChI=1S/C42H68N6O6S/c1-13-28(6)37(47(10)42(52)35(26(2)3)45-40(51)36(27(4)5)46(8)9)33(53-11)25-34(49)48-22-17-20-32(48)38(54-12)29(7)39(50)44-31(41-43-21-23-55-41)24-30-18-15-14-16-19-30/h14-16,18-19,21,23,26-29,31-33,35-38H,13,17,20,22,24-25H2,1-12H3,(H,44,50)(H,45,51)/t28?,29-,31+,32+,33-,35+,36?,37?,38-/m0/s1. The Morgan fingerprint density at radius 1 is 0.945 bits per heavy atom. The lowest BCUT2D eigenvalue weighted by molar-refractivity contribution is -0.148. The number of methoxy groups -OCH3 is 2. The number of nitrogens with one attached hydrogen (secondary N) is 2. The molecule has 12 nitrogen and oxygen atoms in total. The predicted octanol–water partition coefficient (Wildman–Crippen LogP) is 5.19. The van der Waals surface area contributed by atoms with Gasteiger partial charge in [-0.05, 0) is 56.7 Å². The van der Waals surface area contributed by atoms with Gasteiger partial charge in [-0.15, -0.1) is 11.3 Å². The molecule has 1 aromatic heterocycles. The number of nitrogens with zero attached hydrogens (tertiary/aromatic N) is 4. The van der Waals surface area contributed by atoms with E-state index < -0.39 is 30.2 Å². The summed E-state index contributed by atoms with van der Waals surface area (Å²) >= 11 is 1.51. The second-order valence-corrected chi connectivity index (χ2v) is 17.0. The maximum Gasteiger partial charge on any atom is 0.245 e. The van der Waals surface area contributed by atoms with E-state index >= 15 is 0 Å². The van der Waals surface area contributed by atoms with Crippen LogP contribution in [-0.4, -0.2) is 122 Å². The maximum absolute atomic E-state index is 14.3. The summed E-state index contributed by atoms with van der Waals surface area (Å²) in [6.07, 6.45) is 3.49. The van der Waals surface area contributed by atoms with Crippen molar-refractivity contribution < 1.29 is 28.7 Å². The van der Waals surface area contributed by atoms with E-state index in [2.05, 4.69) is 29.5 Å². The van der Waals surface area contributed by atoms with Gasteiger partial charge in [0, 0.05) is 39.4 Å². The number of ether oxygens (including phenoxy) is 2. The van der Waals surface area contributed by atoms with E-state index in [-0.39, 0.29) is 65.9 Å². The molecule has 4 amide bonds. The molecule has 2 N–H and O–H groups in total. The molecule has 1 fully saturated rings. The molecule has 0 bridgehead atoms. The summed E-state index contributed by atoms with van der Waals surface area (Å²) in [7, 11) is 8.66. The van der Waals surface area contributed by atoms with Crippen molar-refractivity contribution >= 4 is 35.0 Å². The van der Waals surface area contributed by atoms with Crippen LogP contribution in [0.4, 0.5) is 0 Å². The lowest BCUT2D eigenvalue weighted by atomic mass is 9.89. The van der Waals surface area contributed by atoms with Crippen LogP contribution >= 0.6 is 11.3 Å². The second-order valence-electron chi connectivity index (χ2n) is 16.1. The molecule has 13 heteroatoms. The number of likely N-dealkylation sites (tertiary alicyclic amines) is 1. The zero-order valence-corrected chi connectivity index (χ0v) is 36.1. The molecule has 2 heterocycles. The van der Waals surface area contributed by atoms with E-state index in [9.17, 15) is 19.2 Å². The number of aromatic nitrogens is 1. The van der Waals surface area contributed by atoms with Gasteiger partial charge in [0.15, 0.2) is 0 Å². The molecule has 1 aliphatic heterocycles. The van der Waals surface area contributed by atoms with Crippen molar-refractivity contribution in [2.24, 2.45) is 23.7 Å². The van der Waals surface area contributed by atoms with Crippen LogP contribution in [0.25, 0.3) is 0 Å². The van der Waals surface area contributed by atoms with Gasteiger partial charge in [0.2, 0.25) is 23.6 Å². The lowest BCUT2D eigenvalue weighted by Gasteiger charge is -2.41. The first kappa shape index (κ1) is 46.0. The van der Waals surface area contributed by atoms with Gasteiger partial charge in [0.05, 0.1) is 48.7 Å². The monoisotopic (exact) mass is 784 g/mol. The van der Waals surface area contributed by atoms with E-state index in [0.29, 0.717) is 19.4 Å². The molecule has 0 spiro atoms. The van der Waals surface area contributed by atoms with Crippen molar-refractivity contribution in [2.45, 2.75) is 123 Å². The van der Waals surface area contributed by atoms with E-state index in [1.165, 1.54) is 11.3 Å². The smallest absolute Gasteiger partial charge is 0.245 e. The van der Waals surface area contributed by atoms with Crippen LogP contribution in [0.3, 0.4) is 0 Å². The van der Waals surface area contributed by atoms with Crippen LogP contribution in [0.15, 0.2) is 41.9 Å². The molecule has 2 aromatic rings. The van der Waals surface area contributed by atoms with Gasteiger partial charge in [0.25, 0.3) is 0 Å². The van der Waals surface area contributed by atoms with Gasteiger partial charge in [0.1, 0.15) is 11.0 Å². The number of carbonyl (C=O) groups excluding carboxylic acids is 4. The summed E-state index contributed by atoms with van der Waals surface area (Å²) in [6.45, 7) is 14.3. The minimum absolute atomic E-state index is 0.00751. The number of hydrogen-bond donors (Lipinski definition) is 2. The molecule has 3 rings (SSSR count). The summed E-state index contributed by atoms with van der Waals surface area (Å²) in [5, 5.41) is 9.02. The Bertz CT molecular complexity index is 1480. The number of benzene rings is 1. The summed E-state index contributed by atoms with van der Waals surface area (Å²) in [5.41, 5.74) is 1.09. The molecule has 55 heavy (non-hydrogen) atoms. The predicted molar refractivity (Wildman–Crippen MR) is 218 cm³/mol. The molecular formula is C42H68N6O6S. The van der Waals surface area contributed by atoms with Crippen LogP contribution in [0, 0.1) is 23.7 Å². The third-order valence-corrected chi connectivity index (χ3v) is 12.2. The zero-order chi connectivity index (χ0) is 41.0. The first-order chi connectivity index (χ1) is 26.1. The summed E-state index contributed by atoms with van der Waals surface area (Å²) in [5.74, 6) is -1.35. The Morgan fingerprint density at radius 3 is 2.15 bits per heavy atom. The van der Waals surface area contributed by atoms with Crippen molar-refractivity contribution in [3.63, 3.8) is 0 Å². The van der Waals surface area contributed by atoms with Crippen molar-refractivity contribution in [1.82, 2.24) is 30.3 Å². The van der Waals surface area contributed by atoms with Gasteiger partial charge in [-0.2, -0.15) is 0 Å². The van der Waals surface area contributed by atoms with Crippen LogP contribution in [-0.2, 0) is 35.1 Å². The molecule has 0 saturated carbocycles. The molecule has 3 unspecified atom stereocenters. The van der Waals surface area contributed by atoms with Crippen molar-refractivity contribution in [3.8, 4) is 0 Å². The highest BCUT2D eigenvalue weighted by Gasteiger charge is 2.43. The van der Waals surface area contributed by atoms with Crippen LogP contribution < -0.4 is 10.6 Å². The van der Waals surface area contributed by atoms with Gasteiger partial charge in [-0.1, -0.05) is 85.2 Å². The third kappa shape index (κ3) is 12.1. The Hall–Kier alpha value is -3.39. The highest BCUT2D eigenvalue weighted by molar-refractivity contribution is 7.09. The molecule has 0 radical (unpaired) electrons. The molecule has 1 aliphatic rings. The van der Waals surface area contributed by atoms with Crippen molar-refractivity contribution in [1.29, 1.82) is 0 Å². The fourth-order valence-electron chi connectivity index (χ4n) is 8.17. The first-order valence-electron chi connectivity index (χ1n) is 19.9. The van der Waals surface area contributed by atoms with E-state index in [4.69, 9.17) is 9.47 Å². The quantitative estimate of drug-likeness (QED) is 0.177. The van der Waals surface area contributed by atoms with E-state index in [0.717, 1.165) is 23.4 Å². The number of hydrogen-bond acceptors (Lipinski definition) is 9. The molecule has 308 valence electrons. The van der Waals surface area contributed by atoms with Crippen molar-refractivity contribution in [2.75, 3.05) is 41.9 Å². The minimum Gasteiger partial charge on any atom is -0.379 e. The number of amides is 4. The average molecular weight is 785 g/mol. The van der Waals surface area contributed by atoms with Crippen molar-refractivity contribution in [3.05, 3.63) is 52.5 Å². The summed E-state index contributed by atoms with van der Waals surface area (Å²) in [6, 6.07) is 7.83. The van der Waals surface area contributed by atoms with Crippen LogP contribution in [0.1, 0.15) is 90.8 Å². The lowest BCUT2D eigenvalue weighted by Crippen LogP contribution is -2.59. The topological polar surface area (TPSA) is 133 Å². The Labute approximate surface area is 334 Å². The van der Waals surface area contributed by atoms with Gasteiger partial charge < -0.3 is 29.9 Å². The zero-order valence-electron chi connectivity index (χ0n) is 35.3. The van der Waals surface area contributed by atoms with Crippen LogP contribution in [0.2, 0.25) is 0 Å². The summed E-state index contributed by atoms with van der Waals surface area (Å²) in [4.78, 5) is 65.8. The highest BCUT2D eigenvalue weighted by atomic mass is 32.1. The Kier molecular flexibility index (Phi) is 18.2. The van der Waals surface area contributed by atoms with E-state index in [1.54, 1.807) is 32.4 Å². The van der Waals surface area contributed by atoms with Gasteiger partial charge in [-0.25, -0.2) is 4.98 Å². The molecule has 1 saturated heterocycles. The first-order valence-corrected chi connectivity index (χ1v) is 20.8. The maximum atomic E-state index is 14.3. The third-order valence-electron chi connectivity index (χ3n) is 11.3.